The van der Waals surface area contributed by atoms with Crippen molar-refractivity contribution in [3.8, 4) is 11.1 Å². The molecule has 2 fully saturated rings. The number of benzene rings is 3. The highest BCUT2D eigenvalue weighted by Crippen LogP contribution is 2.47. The van der Waals surface area contributed by atoms with Crippen LogP contribution in [0, 0.1) is 12.7 Å². The fraction of sp³-hybridized carbons (Fsp3) is 0.367. The Morgan fingerprint density at radius 1 is 1.00 bits per heavy atom. The maximum atomic E-state index is 14.7. The van der Waals surface area contributed by atoms with Gasteiger partial charge in [-0.15, -0.1) is 0 Å². The number of carbonyl (C=O) groups is 1. The first-order chi connectivity index (χ1) is 16.9. The molecule has 1 N–H and O–H groups in total. The number of ether oxygens (including phenoxy) is 1. The van der Waals surface area contributed by atoms with E-state index in [-0.39, 0.29) is 36.5 Å². The third kappa shape index (κ3) is 3.73. The molecule has 5 heteroatoms. The van der Waals surface area contributed by atoms with Crippen molar-refractivity contribution >= 4 is 6.09 Å². The second kappa shape index (κ2) is 8.49. The fourth-order valence-corrected chi connectivity index (χ4v) is 6.61. The number of rotatable bonds is 3. The number of fused-ring (bicyclic) bond motifs is 5. The predicted molar refractivity (Wildman–Crippen MR) is 133 cm³/mol. The molecule has 180 valence electrons. The van der Waals surface area contributed by atoms with E-state index >= 15 is 0 Å². The smallest absolute Gasteiger partial charge is 0.410 e. The Bertz CT molecular complexity index is 1230. The van der Waals surface area contributed by atoms with Gasteiger partial charge in [0.05, 0.1) is 5.60 Å². The molecule has 3 aromatic rings. The van der Waals surface area contributed by atoms with Gasteiger partial charge in [0.1, 0.15) is 12.4 Å². The van der Waals surface area contributed by atoms with Gasteiger partial charge in [0.25, 0.3) is 0 Å². The normalized spacial score (nSPS) is 25.2. The number of hydrogen-bond acceptors (Lipinski definition) is 3. The van der Waals surface area contributed by atoms with Crippen LogP contribution >= 0.6 is 0 Å². The van der Waals surface area contributed by atoms with Crippen molar-refractivity contribution in [2.24, 2.45) is 0 Å². The van der Waals surface area contributed by atoms with Crippen LogP contribution in [0.5, 0.6) is 0 Å². The van der Waals surface area contributed by atoms with Crippen molar-refractivity contribution in [3.63, 3.8) is 0 Å². The maximum absolute atomic E-state index is 14.7. The van der Waals surface area contributed by atoms with E-state index in [0.29, 0.717) is 18.4 Å². The minimum absolute atomic E-state index is 0.00861. The van der Waals surface area contributed by atoms with Gasteiger partial charge in [-0.3, -0.25) is 0 Å². The number of hydrogen-bond donors (Lipinski definition) is 1. The zero-order valence-electron chi connectivity index (χ0n) is 19.9. The highest BCUT2D eigenvalue weighted by Gasteiger charge is 2.49. The molecule has 2 saturated heterocycles. The average Bonchev–Trinajstić information content (AvgIpc) is 3.17. The minimum Gasteiger partial charge on any atom is -0.448 e. The highest BCUT2D eigenvalue weighted by atomic mass is 19.1. The van der Waals surface area contributed by atoms with Gasteiger partial charge in [0.15, 0.2) is 0 Å². The lowest BCUT2D eigenvalue weighted by molar-refractivity contribution is -0.0906. The van der Waals surface area contributed by atoms with Gasteiger partial charge in [-0.2, -0.15) is 0 Å². The zero-order valence-corrected chi connectivity index (χ0v) is 19.9. The molecule has 2 aliphatic heterocycles. The van der Waals surface area contributed by atoms with Crippen LogP contribution in [0.25, 0.3) is 11.1 Å². The lowest BCUT2D eigenvalue weighted by atomic mass is 9.72. The molecule has 1 aliphatic carbocycles. The van der Waals surface area contributed by atoms with E-state index in [1.54, 1.807) is 12.1 Å². The van der Waals surface area contributed by atoms with Crippen molar-refractivity contribution < 1.29 is 19.0 Å². The summed E-state index contributed by atoms with van der Waals surface area (Å²) in [7, 11) is 0. The summed E-state index contributed by atoms with van der Waals surface area (Å²) in [4.78, 5) is 15.2. The molecule has 2 bridgehead atoms. The summed E-state index contributed by atoms with van der Waals surface area (Å²) in [6.07, 6.45) is 2.90. The fourth-order valence-electron chi connectivity index (χ4n) is 6.61. The molecular formula is C30H30FNO3. The molecule has 1 amide bonds. The van der Waals surface area contributed by atoms with Crippen LogP contribution in [0.3, 0.4) is 0 Å². The minimum atomic E-state index is -1.27. The van der Waals surface area contributed by atoms with E-state index in [1.165, 1.54) is 28.3 Å². The van der Waals surface area contributed by atoms with Gasteiger partial charge in [-0.25, -0.2) is 9.18 Å². The van der Waals surface area contributed by atoms with Gasteiger partial charge in [-0.05, 0) is 54.5 Å². The first-order valence-corrected chi connectivity index (χ1v) is 12.6. The van der Waals surface area contributed by atoms with Crippen molar-refractivity contribution in [2.75, 3.05) is 6.61 Å². The Labute approximate surface area is 205 Å². The van der Waals surface area contributed by atoms with Crippen LogP contribution in [-0.2, 0) is 10.3 Å². The van der Waals surface area contributed by atoms with Crippen LogP contribution < -0.4 is 0 Å². The van der Waals surface area contributed by atoms with E-state index in [9.17, 15) is 14.3 Å². The molecule has 2 heterocycles. The number of amides is 1. The number of nitrogens with zero attached hydrogens (tertiary/aromatic N) is 1. The van der Waals surface area contributed by atoms with Crippen molar-refractivity contribution in [1.82, 2.24) is 4.90 Å². The van der Waals surface area contributed by atoms with Crippen LogP contribution in [0.4, 0.5) is 9.18 Å². The topological polar surface area (TPSA) is 49.8 Å². The summed E-state index contributed by atoms with van der Waals surface area (Å²) in [5, 5.41) is 11.6. The Morgan fingerprint density at radius 2 is 1.60 bits per heavy atom. The molecule has 0 aromatic heterocycles. The molecule has 0 radical (unpaired) electrons. The second-order valence-electron chi connectivity index (χ2n) is 10.4. The Morgan fingerprint density at radius 3 is 2.23 bits per heavy atom. The van der Waals surface area contributed by atoms with E-state index in [1.807, 2.05) is 36.1 Å². The van der Waals surface area contributed by atoms with Crippen LogP contribution in [-0.4, -0.2) is 34.8 Å². The van der Waals surface area contributed by atoms with Gasteiger partial charge >= 0.3 is 6.09 Å². The quantitative estimate of drug-likeness (QED) is 0.489. The molecule has 2 atom stereocenters. The summed E-state index contributed by atoms with van der Waals surface area (Å²) in [5.41, 5.74) is 4.76. The standard InChI is InChI=1S/C30H30FNO3/c1-19-13-14-28(31)27(15-19)30(34)16-20-7-6-8-21(17-30)32(20)29(33)35-18-26-24-11-4-2-9-22(24)23-10-3-5-12-25(23)26/h2-5,9-15,20-21,26,34H,6-8,16-18H2,1H3. The molecule has 2 unspecified atom stereocenters. The summed E-state index contributed by atoms with van der Waals surface area (Å²) in [6.45, 7) is 2.18. The van der Waals surface area contributed by atoms with Crippen molar-refractivity contribution in [1.29, 1.82) is 0 Å². The van der Waals surface area contributed by atoms with E-state index < -0.39 is 5.60 Å². The number of piperidine rings is 2. The van der Waals surface area contributed by atoms with Crippen LogP contribution in [0.1, 0.15) is 60.3 Å². The first kappa shape index (κ1) is 22.3. The Balaban J connectivity index is 1.22. The van der Waals surface area contributed by atoms with Crippen LogP contribution in [0.15, 0.2) is 66.7 Å². The zero-order chi connectivity index (χ0) is 24.2. The Kier molecular flexibility index (Phi) is 5.41. The van der Waals surface area contributed by atoms with Crippen molar-refractivity contribution in [3.05, 3.63) is 94.8 Å². The third-order valence-corrected chi connectivity index (χ3v) is 8.18. The monoisotopic (exact) mass is 471 g/mol. The van der Waals surface area contributed by atoms with E-state index in [0.717, 1.165) is 24.8 Å². The van der Waals surface area contributed by atoms with E-state index in [2.05, 4.69) is 24.3 Å². The lowest BCUT2D eigenvalue weighted by Gasteiger charge is -2.51. The number of halogens is 1. The van der Waals surface area contributed by atoms with E-state index in [4.69, 9.17) is 4.74 Å². The Hall–Kier alpha value is -3.18. The van der Waals surface area contributed by atoms with Crippen molar-refractivity contribution in [2.45, 2.75) is 62.6 Å². The molecule has 4 nitrogen and oxygen atoms in total. The summed E-state index contributed by atoms with van der Waals surface area (Å²) in [5.74, 6) is -0.375. The molecule has 35 heavy (non-hydrogen) atoms. The number of aryl methyl sites for hydroxylation is 1. The largest absolute Gasteiger partial charge is 0.448 e. The second-order valence-corrected chi connectivity index (χ2v) is 10.4. The van der Waals surface area contributed by atoms with Crippen LogP contribution in [0.2, 0.25) is 0 Å². The SMILES string of the molecule is Cc1ccc(F)c(C2(O)CC3CCCC(C2)N3C(=O)OCC2c3ccccc3-c3ccccc32)c1. The molecular weight excluding hydrogens is 441 g/mol. The molecule has 6 rings (SSSR count). The molecule has 3 aliphatic rings. The number of aliphatic hydroxyl groups is 1. The summed E-state index contributed by atoms with van der Waals surface area (Å²) >= 11 is 0. The highest BCUT2D eigenvalue weighted by molar-refractivity contribution is 5.79. The van der Waals surface area contributed by atoms with Gasteiger partial charge < -0.3 is 14.7 Å². The van der Waals surface area contributed by atoms with Gasteiger partial charge in [-0.1, -0.05) is 66.2 Å². The third-order valence-electron chi connectivity index (χ3n) is 8.18. The average molecular weight is 472 g/mol. The van der Waals surface area contributed by atoms with Gasteiger partial charge in [0, 0.05) is 36.4 Å². The molecule has 3 aromatic carbocycles. The maximum Gasteiger partial charge on any atom is 0.410 e. The summed E-state index contributed by atoms with van der Waals surface area (Å²) < 4.78 is 20.7. The molecule has 0 saturated carbocycles. The molecule has 0 spiro atoms. The lowest BCUT2D eigenvalue weighted by Crippen LogP contribution is -2.59. The predicted octanol–water partition coefficient (Wildman–Crippen LogP) is 6.29. The van der Waals surface area contributed by atoms with Gasteiger partial charge in [0.2, 0.25) is 0 Å². The first-order valence-electron chi connectivity index (χ1n) is 12.6. The number of carbonyl (C=O) groups excluding carboxylic acids is 1. The summed E-state index contributed by atoms with van der Waals surface area (Å²) in [6, 6.07) is 21.2.